The highest BCUT2D eigenvalue weighted by atomic mass is 16.7. The quantitative estimate of drug-likeness (QED) is 0.157. The summed E-state index contributed by atoms with van der Waals surface area (Å²) in [5.41, 5.74) is 0. The first kappa shape index (κ1) is 27.5. The summed E-state index contributed by atoms with van der Waals surface area (Å²) in [5.74, 6) is 0.0630. The summed E-state index contributed by atoms with van der Waals surface area (Å²) in [4.78, 5) is 0. The summed E-state index contributed by atoms with van der Waals surface area (Å²) in [6.07, 6.45) is 16.6. The minimum absolute atomic E-state index is 0.0630. The summed E-state index contributed by atoms with van der Waals surface area (Å²) in [5, 5.41) is 10.5. The van der Waals surface area contributed by atoms with Gasteiger partial charge in [-0.05, 0) is 13.3 Å². The van der Waals surface area contributed by atoms with Crippen LogP contribution in [0.5, 0.6) is 0 Å². The second-order valence-electron chi connectivity index (χ2n) is 7.59. The van der Waals surface area contributed by atoms with Crippen molar-refractivity contribution in [3.63, 3.8) is 0 Å². The molecule has 0 bridgehead atoms. The fourth-order valence-corrected chi connectivity index (χ4v) is 3.40. The van der Waals surface area contributed by atoms with Crippen LogP contribution in [-0.2, 0) is 18.9 Å². The van der Waals surface area contributed by atoms with Crippen molar-refractivity contribution in [2.45, 2.75) is 96.7 Å². The maximum atomic E-state index is 10.5. The Morgan fingerprint density at radius 3 is 2.04 bits per heavy atom. The number of methoxy groups -OCH3 is 2. The number of aliphatic hydroxyl groups excluding tert-OH is 1. The SMILES string of the molecule is C/C=C/[C@H](COCOC)[C@H](C[C@H](O)CCCCCCCCCCC)OCOC. The summed E-state index contributed by atoms with van der Waals surface area (Å²) in [6.45, 7) is 5.20. The molecule has 0 rings (SSSR count). The van der Waals surface area contributed by atoms with Gasteiger partial charge in [-0.1, -0.05) is 76.9 Å². The molecule has 0 heterocycles. The zero-order valence-electron chi connectivity index (χ0n) is 18.9. The van der Waals surface area contributed by atoms with Gasteiger partial charge in [-0.3, -0.25) is 0 Å². The first-order chi connectivity index (χ1) is 13.7. The van der Waals surface area contributed by atoms with Gasteiger partial charge in [0.25, 0.3) is 0 Å². The lowest BCUT2D eigenvalue weighted by Crippen LogP contribution is -2.31. The third-order valence-electron chi connectivity index (χ3n) is 4.97. The Kier molecular flexibility index (Phi) is 20.9. The molecular formula is C23H46O5. The Morgan fingerprint density at radius 2 is 1.46 bits per heavy atom. The van der Waals surface area contributed by atoms with Crippen molar-refractivity contribution < 1.29 is 24.1 Å². The molecule has 5 heteroatoms. The maximum absolute atomic E-state index is 10.5. The second-order valence-corrected chi connectivity index (χ2v) is 7.59. The van der Waals surface area contributed by atoms with E-state index in [0.29, 0.717) is 13.0 Å². The van der Waals surface area contributed by atoms with Crippen LogP contribution in [0.15, 0.2) is 12.2 Å². The summed E-state index contributed by atoms with van der Waals surface area (Å²) < 4.78 is 21.4. The number of hydrogen-bond acceptors (Lipinski definition) is 5. The first-order valence-electron chi connectivity index (χ1n) is 11.2. The van der Waals surface area contributed by atoms with Crippen LogP contribution in [0.1, 0.15) is 84.5 Å². The van der Waals surface area contributed by atoms with Crippen molar-refractivity contribution in [2.24, 2.45) is 5.92 Å². The third-order valence-corrected chi connectivity index (χ3v) is 4.97. The molecule has 0 saturated heterocycles. The maximum Gasteiger partial charge on any atom is 0.146 e. The van der Waals surface area contributed by atoms with Crippen LogP contribution in [0.25, 0.3) is 0 Å². The van der Waals surface area contributed by atoms with Crippen LogP contribution in [0, 0.1) is 5.92 Å². The number of aliphatic hydroxyl groups is 1. The van der Waals surface area contributed by atoms with Crippen molar-refractivity contribution in [1.82, 2.24) is 0 Å². The molecule has 168 valence electrons. The van der Waals surface area contributed by atoms with E-state index in [0.717, 1.165) is 12.8 Å². The van der Waals surface area contributed by atoms with Gasteiger partial charge < -0.3 is 24.1 Å². The van der Waals surface area contributed by atoms with Gasteiger partial charge in [0, 0.05) is 26.6 Å². The molecule has 0 aromatic rings. The van der Waals surface area contributed by atoms with E-state index < -0.39 is 0 Å². The molecule has 0 amide bonds. The fraction of sp³-hybridized carbons (Fsp3) is 0.913. The van der Waals surface area contributed by atoms with Gasteiger partial charge in [0.15, 0.2) is 0 Å². The molecule has 0 spiro atoms. The van der Waals surface area contributed by atoms with E-state index in [4.69, 9.17) is 18.9 Å². The van der Waals surface area contributed by atoms with Gasteiger partial charge in [0.05, 0.1) is 18.8 Å². The number of rotatable bonds is 21. The highest BCUT2D eigenvalue weighted by Gasteiger charge is 2.23. The van der Waals surface area contributed by atoms with Crippen LogP contribution in [-0.4, -0.2) is 51.7 Å². The van der Waals surface area contributed by atoms with Crippen molar-refractivity contribution in [3.8, 4) is 0 Å². The first-order valence-corrected chi connectivity index (χ1v) is 11.2. The third kappa shape index (κ3) is 16.5. The van der Waals surface area contributed by atoms with Crippen molar-refractivity contribution in [1.29, 1.82) is 0 Å². The molecule has 0 aromatic carbocycles. The number of ether oxygens (including phenoxy) is 4. The molecule has 3 atom stereocenters. The predicted molar refractivity (Wildman–Crippen MR) is 115 cm³/mol. The monoisotopic (exact) mass is 402 g/mol. The summed E-state index contributed by atoms with van der Waals surface area (Å²) in [6, 6.07) is 0. The normalized spacial score (nSPS) is 15.2. The lowest BCUT2D eigenvalue weighted by atomic mass is 9.95. The van der Waals surface area contributed by atoms with Gasteiger partial charge in [0.2, 0.25) is 0 Å². The van der Waals surface area contributed by atoms with Crippen molar-refractivity contribution in [3.05, 3.63) is 12.2 Å². The zero-order valence-corrected chi connectivity index (χ0v) is 18.9. The van der Waals surface area contributed by atoms with E-state index in [9.17, 15) is 5.11 Å². The van der Waals surface area contributed by atoms with E-state index >= 15 is 0 Å². The average Bonchev–Trinajstić information content (AvgIpc) is 2.69. The highest BCUT2D eigenvalue weighted by Crippen LogP contribution is 2.20. The minimum Gasteiger partial charge on any atom is -0.393 e. The van der Waals surface area contributed by atoms with Crippen LogP contribution < -0.4 is 0 Å². The number of hydrogen-bond donors (Lipinski definition) is 1. The molecule has 0 saturated carbocycles. The second kappa shape index (κ2) is 21.3. The topological polar surface area (TPSA) is 57.2 Å². The number of unbranched alkanes of at least 4 members (excludes halogenated alkanes) is 8. The Hall–Kier alpha value is -0.460. The Labute approximate surface area is 173 Å². The van der Waals surface area contributed by atoms with E-state index in [1.54, 1.807) is 14.2 Å². The lowest BCUT2D eigenvalue weighted by molar-refractivity contribution is -0.116. The molecule has 5 nitrogen and oxygen atoms in total. The van der Waals surface area contributed by atoms with Crippen LogP contribution in [0.2, 0.25) is 0 Å². The van der Waals surface area contributed by atoms with E-state index in [2.05, 4.69) is 13.0 Å². The van der Waals surface area contributed by atoms with Crippen molar-refractivity contribution >= 4 is 0 Å². The van der Waals surface area contributed by atoms with E-state index in [-0.39, 0.29) is 31.7 Å². The molecule has 0 radical (unpaired) electrons. The average molecular weight is 403 g/mol. The molecule has 0 aliphatic carbocycles. The zero-order chi connectivity index (χ0) is 20.9. The Balaban J connectivity index is 4.16. The van der Waals surface area contributed by atoms with Crippen LogP contribution in [0.4, 0.5) is 0 Å². The molecule has 0 aromatic heterocycles. The predicted octanol–water partition coefficient (Wildman–Crippen LogP) is 5.46. The minimum atomic E-state index is -0.360. The fourth-order valence-electron chi connectivity index (χ4n) is 3.40. The standard InChI is InChI=1S/C23H46O5/c1-5-7-8-9-10-11-12-13-14-16-22(24)17-23(28-20-26-4)21(15-6-2)18-27-19-25-3/h6,15,21-24H,5,7-14,16-20H2,1-4H3/b15-6+/t21-,22-,23+/m1/s1. The van der Waals surface area contributed by atoms with Crippen LogP contribution in [0.3, 0.4) is 0 Å². The summed E-state index contributed by atoms with van der Waals surface area (Å²) in [7, 11) is 3.22. The Bertz CT molecular complexity index is 335. The van der Waals surface area contributed by atoms with E-state index in [1.165, 1.54) is 51.4 Å². The van der Waals surface area contributed by atoms with Gasteiger partial charge in [-0.15, -0.1) is 0 Å². The molecule has 28 heavy (non-hydrogen) atoms. The van der Waals surface area contributed by atoms with Crippen LogP contribution >= 0.6 is 0 Å². The van der Waals surface area contributed by atoms with Gasteiger partial charge in [-0.25, -0.2) is 0 Å². The van der Waals surface area contributed by atoms with Crippen molar-refractivity contribution in [2.75, 3.05) is 34.4 Å². The highest BCUT2D eigenvalue weighted by molar-refractivity contribution is 4.91. The molecule has 0 fully saturated rings. The number of allylic oxidation sites excluding steroid dienone is 1. The molecule has 1 N–H and O–H groups in total. The molecule has 0 aliphatic rings. The molecule has 0 aliphatic heterocycles. The van der Waals surface area contributed by atoms with Gasteiger partial charge >= 0.3 is 0 Å². The lowest BCUT2D eigenvalue weighted by Gasteiger charge is -2.27. The van der Waals surface area contributed by atoms with Gasteiger partial charge in [0.1, 0.15) is 13.6 Å². The molecule has 0 unspecified atom stereocenters. The van der Waals surface area contributed by atoms with E-state index in [1.807, 2.05) is 13.0 Å². The largest absolute Gasteiger partial charge is 0.393 e. The summed E-state index contributed by atoms with van der Waals surface area (Å²) >= 11 is 0. The molecular weight excluding hydrogens is 356 g/mol. The smallest absolute Gasteiger partial charge is 0.146 e. The van der Waals surface area contributed by atoms with Gasteiger partial charge in [-0.2, -0.15) is 0 Å². The Morgan fingerprint density at radius 1 is 0.857 bits per heavy atom.